The maximum atomic E-state index is 12.5. The van der Waals surface area contributed by atoms with Gasteiger partial charge in [0, 0.05) is 6.04 Å². The molecule has 1 heterocycles. The van der Waals surface area contributed by atoms with E-state index in [-0.39, 0.29) is 17.9 Å². The van der Waals surface area contributed by atoms with E-state index in [1.807, 2.05) is 41.9 Å². The number of nitrogens with one attached hydrogen (secondary N) is 1. The van der Waals surface area contributed by atoms with E-state index in [0.717, 1.165) is 11.3 Å². The quantitative estimate of drug-likeness (QED) is 0.851. The lowest BCUT2D eigenvalue weighted by Crippen LogP contribution is -2.46. The lowest BCUT2D eigenvalue weighted by atomic mass is 9.80. The van der Waals surface area contributed by atoms with Crippen molar-refractivity contribution < 1.29 is 14.7 Å². The van der Waals surface area contributed by atoms with Gasteiger partial charge in [-0.15, -0.1) is 0 Å². The van der Waals surface area contributed by atoms with Crippen LogP contribution in [0.3, 0.4) is 0 Å². The monoisotopic (exact) mass is 327 g/mol. The minimum absolute atomic E-state index is 0.0548. The van der Waals surface area contributed by atoms with Crippen molar-refractivity contribution in [2.45, 2.75) is 38.8 Å². The molecule has 0 bridgehead atoms. The van der Waals surface area contributed by atoms with Crippen molar-refractivity contribution >= 4 is 11.9 Å². The fraction of sp³-hybridized carbons (Fsp3) is 0.389. The lowest BCUT2D eigenvalue weighted by Gasteiger charge is -2.32. The van der Waals surface area contributed by atoms with Gasteiger partial charge in [-0.2, -0.15) is 5.10 Å². The minimum atomic E-state index is -0.787. The second-order valence-electron chi connectivity index (χ2n) is 6.18. The zero-order valence-corrected chi connectivity index (χ0v) is 13.6. The van der Waals surface area contributed by atoms with Crippen molar-refractivity contribution in [3.05, 3.63) is 53.3 Å². The zero-order valence-electron chi connectivity index (χ0n) is 13.6. The van der Waals surface area contributed by atoms with Gasteiger partial charge in [0.25, 0.3) is 5.91 Å². The van der Waals surface area contributed by atoms with Crippen LogP contribution in [0.1, 0.15) is 41.4 Å². The summed E-state index contributed by atoms with van der Waals surface area (Å²) in [6, 6.07) is 9.93. The topological polar surface area (TPSA) is 84.2 Å². The summed E-state index contributed by atoms with van der Waals surface area (Å²) in [6.07, 6.45) is 3.31. The molecule has 24 heavy (non-hydrogen) atoms. The standard InChI is InChI=1S/C18H21N3O3/c1-2-16-15(17(22)20-14-8-13(9-14)18(23)24)10-19-21(16)11-12-6-4-3-5-7-12/h3-7,10,13-14H,2,8-9,11H2,1H3,(H,20,22)(H,23,24). The first-order valence-electron chi connectivity index (χ1n) is 8.20. The van der Waals surface area contributed by atoms with Crippen LogP contribution in [-0.2, 0) is 17.8 Å². The van der Waals surface area contributed by atoms with Gasteiger partial charge in [-0.25, -0.2) is 0 Å². The molecule has 6 nitrogen and oxygen atoms in total. The first-order chi connectivity index (χ1) is 11.6. The van der Waals surface area contributed by atoms with E-state index in [0.29, 0.717) is 31.4 Å². The Bertz CT molecular complexity index is 733. The highest BCUT2D eigenvalue weighted by Gasteiger charge is 2.35. The fourth-order valence-corrected chi connectivity index (χ4v) is 3.07. The van der Waals surface area contributed by atoms with Crippen molar-refractivity contribution in [1.82, 2.24) is 15.1 Å². The van der Waals surface area contributed by atoms with Crippen LogP contribution in [0, 0.1) is 5.92 Å². The van der Waals surface area contributed by atoms with Gasteiger partial charge in [0.1, 0.15) is 0 Å². The summed E-state index contributed by atoms with van der Waals surface area (Å²) in [5.41, 5.74) is 2.60. The summed E-state index contributed by atoms with van der Waals surface area (Å²) in [7, 11) is 0. The van der Waals surface area contributed by atoms with Crippen molar-refractivity contribution in [3.63, 3.8) is 0 Å². The van der Waals surface area contributed by atoms with E-state index < -0.39 is 5.97 Å². The molecule has 1 aromatic heterocycles. The number of carbonyl (C=O) groups excluding carboxylic acids is 1. The third-order valence-electron chi connectivity index (χ3n) is 4.53. The molecule has 1 aliphatic carbocycles. The Balaban J connectivity index is 1.68. The van der Waals surface area contributed by atoms with E-state index in [4.69, 9.17) is 5.11 Å². The molecular formula is C18H21N3O3. The largest absolute Gasteiger partial charge is 0.481 e. The average molecular weight is 327 g/mol. The fourth-order valence-electron chi connectivity index (χ4n) is 3.07. The second kappa shape index (κ2) is 6.86. The summed E-state index contributed by atoms with van der Waals surface area (Å²) < 4.78 is 1.85. The number of aromatic nitrogens is 2. The molecule has 1 aromatic carbocycles. The van der Waals surface area contributed by atoms with Gasteiger partial charge < -0.3 is 10.4 Å². The van der Waals surface area contributed by atoms with Crippen LogP contribution in [0.2, 0.25) is 0 Å². The van der Waals surface area contributed by atoms with Gasteiger partial charge in [0.15, 0.2) is 0 Å². The molecule has 2 N–H and O–H groups in total. The number of carboxylic acid groups (broad SMARTS) is 1. The number of aliphatic carboxylic acids is 1. The van der Waals surface area contributed by atoms with Crippen LogP contribution in [-0.4, -0.2) is 32.8 Å². The summed E-state index contributed by atoms with van der Waals surface area (Å²) in [4.78, 5) is 23.3. The Morgan fingerprint density at radius 2 is 2.00 bits per heavy atom. The van der Waals surface area contributed by atoms with Crippen LogP contribution in [0.15, 0.2) is 36.5 Å². The number of rotatable bonds is 6. The maximum Gasteiger partial charge on any atom is 0.306 e. The Labute approximate surface area is 140 Å². The van der Waals surface area contributed by atoms with Crippen LogP contribution in [0.25, 0.3) is 0 Å². The van der Waals surface area contributed by atoms with E-state index in [2.05, 4.69) is 10.4 Å². The average Bonchev–Trinajstić information content (AvgIpc) is 2.93. The molecule has 1 saturated carbocycles. The molecule has 6 heteroatoms. The molecule has 1 amide bonds. The number of benzene rings is 1. The van der Waals surface area contributed by atoms with Crippen LogP contribution < -0.4 is 5.32 Å². The molecule has 1 aliphatic rings. The zero-order chi connectivity index (χ0) is 17.1. The number of carbonyl (C=O) groups is 2. The van der Waals surface area contributed by atoms with Gasteiger partial charge in [-0.3, -0.25) is 14.3 Å². The van der Waals surface area contributed by atoms with Gasteiger partial charge >= 0.3 is 5.97 Å². The van der Waals surface area contributed by atoms with Gasteiger partial charge in [0.05, 0.1) is 29.9 Å². The molecule has 0 radical (unpaired) electrons. The predicted octanol–water partition coefficient (Wildman–Crippen LogP) is 2.09. The summed E-state index contributed by atoms with van der Waals surface area (Å²) >= 11 is 0. The van der Waals surface area contributed by atoms with Gasteiger partial charge in [-0.1, -0.05) is 37.3 Å². The first kappa shape index (κ1) is 16.2. The Kier molecular flexibility index (Phi) is 4.64. The molecule has 2 aromatic rings. The highest BCUT2D eigenvalue weighted by atomic mass is 16.4. The second-order valence-corrected chi connectivity index (χ2v) is 6.18. The first-order valence-corrected chi connectivity index (χ1v) is 8.20. The van der Waals surface area contributed by atoms with E-state index in [9.17, 15) is 9.59 Å². The molecule has 0 saturated heterocycles. The number of carboxylic acids is 1. The molecule has 3 rings (SSSR count). The minimum Gasteiger partial charge on any atom is -0.481 e. The molecular weight excluding hydrogens is 306 g/mol. The SMILES string of the molecule is CCc1c(C(=O)NC2CC(C(=O)O)C2)cnn1Cc1ccccc1. The third-order valence-corrected chi connectivity index (χ3v) is 4.53. The highest BCUT2D eigenvalue weighted by molar-refractivity contribution is 5.95. The number of hydrogen-bond donors (Lipinski definition) is 2. The van der Waals surface area contributed by atoms with Crippen LogP contribution in [0.5, 0.6) is 0 Å². The molecule has 0 spiro atoms. The Morgan fingerprint density at radius 3 is 2.62 bits per heavy atom. The van der Waals surface area contributed by atoms with E-state index in [1.165, 1.54) is 0 Å². The van der Waals surface area contributed by atoms with Crippen molar-refractivity contribution in [2.75, 3.05) is 0 Å². The number of hydrogen-bond acceptors (Lipinski definition) is 3. The van der Waals surface area contributed by atoms with Crippen molar-refractivity contribution in [3.8, 4) is 0 Å². The predicted molar refractivity (Wildman–Crippen MR) is 88.8 cm³/mol. The lowest BCUT2D eigenvalue weighted by molar-refractivity contribution is -0.145. The Hall–Kier alpha value is -2.63. The maximum absolute atomic E-state index is 12.5. The van der Waals surface area contributed by atoms with Crippen LogP contribution >= 0.6 is 0 Å². The summed E-state index contributed by atoms with van der Waals surface area (Å²) in [5.74, 6) is -1.29. The number of amides is 1. The smallest absolute Gasteiger partial charge is 0.306 e. The molecule has 0 unspecified atom stereocenters. The summed E-state index contributed by atoms with van der Waals surface area (Å²) in [5, 5.41) is 16.2. The Morgan fingerprint density at radius 1 is 1.29 bits per heavy atom. The number of nitrogens with zero attached hydrogens (tertiary/aromatic N) is 2. The molecule has 0 aliphatic heterocycles. The molecule has 1 fully saturated rings. The van der Waals surface area contributed by atoms with E-state index >= 15 is 0 Å². The van der Waals surface area contributed by atoms with E-state index in [1.54, 1.807) is 6.20 Å². The van der Waals surface area contributed by atoms with Crippen molar-refractivity contribution in [2.24, 2.45) is 5.92 Å². The van der Waals surface area contributed by atoms with Gasteiger partial charge in [0.2, 0.25) is 0 Å². The van der Waals surface area contributed by atoms with Crippen LogP contribution in [0.4, 0.5) is 0 Å². The van der Waals surface area contributed by atoms with Gasteiger partial charge in [-0.05, 0) is 24.8 Å². The molecule has 0 atom stereocenters. The van der Waals surface area contributed by atoms with Crippen molar-refractivity contribution in [1.29, 1.82) is 0 Å². The highest BCUT2D eigenvalue weighted by Crippen LogP contribution is 2.27. The molecule has 126 valence electrons. The summed E-state index contributed by atoms with van der Waals surface area (Å²) in [6.45, 7) is 2.63. The third kappa shape index (κ3) is 3.32. The normalized spacial score (nSPS) is 19.5.